The molecule has 0 aromatic rings. The Balaban J connectivity index is 2.41. The summed E-state index contributed by atoms with van der Waals surface area (Å²) >= 11 is 0. The van der Waals surface area contributed by atoms with Gasteiger partial charge in [0.2, 0.25) is 0 Å². The van der Waals surface area contributed by atoms with Crippen LogP contribution in [0.1, 0.15) is 58.8 Å². The van der Waals surface area contributed by atoms with Crippen LogP contribution in [-0.2, 0) is 4.79 Å². The normalized spacial score (nSPS) is 17.8. The van der Waals surface area contributed by atoms with Gasteiger partial charge in [-0.1, -0.05) is 19.3 Å². The quantitative estimate of drug-likeness (QED) is 0.779. The molecular formula is C14H26N2O3. The Hall–Kier alpha value is -1.26. The second-order valence-corrected chi connectivity index (χ2v) is 5.36. The van der Waals surface area contributed by atoms with E-state index in [1.54, 1.807) is 0 Å². The number of amides is 2. The Labute approximate surface area is 115 Å². The number of hydrogen-bond acceptors (Lipinski definition) is 2. The van der Waals surface area contributed by atoms with E-state index in [9.17, 15) is 9.59 Å². The molecule has 2 N–H and O–H groups in total. The van der Waals surface area contributed by atoms with Crippen molar-refractivity contribution in [1.29, 1.82) is 0 Å². The minimum Gasteiger partial charge on any atom is -0.481 e. The van der Waals surface area contributed by atoms with Crippen molar-refractivity contribution in [1.82, 2.24) is 10.2 Å². The summed E-state index contributed by atoms with van der Waals surface area (Å²) in [5.74, 6) is -0.819. The third-order valence-corrected chi connectivity index (χ3v) is 3.78. The average molecular weight is 270 g/mol. The lowest BCUT2D eigenvalue weighted by molar-refractivity contribution is -0.137. The number of carboxylic acid groups (broad SMARTS) is 1. The van der Waals surface area contributed by atoms with Crippen LogP contribution in [0.4, 0.5) is 4.79 Å². The number of carboxylic acids is 1. The average Bonchev–Trinajstić information content (AvgIpc) is 2.38. The van der Waals surface area contributed by atoms with Gasteiger partial charge in [-0.15, -0.1) is 0 Å². The summed E-state index contributed by atoms with van der Waals surface area (Å²) in [4.78, 5) is 24.6. The zero-order chi connectivity index (χ0) is 14.3. The van der Waals surface area contributed by atoms with Gasteiger partial charge in [-0.05, 0) is 33.1 Å². The number of carbonyl (C=O) groups excluding carboxylic acids is 1. The van der Waals surface area contributed by atoms with Crippen LogP contribution in [0.3, 0.4) is 0 Å². The molecule has 1 unspecified atom stereocenters. The van der Waals surface area contributed by atoms with E-state index in [4.69, 9.17) is 5.11 Å². The molecule has 0 aliphatic heterocycles. The molecule has 0 aromatic carbocycles. The fraction of sp³-hybridized carbons (Fsp3) is 0.857. The molecule has 0 spiro atoms. The van der Waals surface area contributed by atoms with Gasteiger partial charge in [-0.25, -0.2) is 4.79 Å². The lowest BCUT2D eigenvalue weighted by Crippen LogP contribution is -2.49. The highest BCUT2D eigenvalue weighted by Crippen LogP contribution is 2.22. The number of nitrogens with one attached hydrogen (secondary N) is 1. The predicted octanol–water partition coefficient (Wildman–Crippen LogP) is 2.60. The number of carbonyl (C=O) groups is 2. The van der Waals surface area contributed by atoms with Crippen LogP contribution >= 0.6 is 0 Å². The SMILES string of the molecule is CCN(C(=O)NC(C)CCC(=O)O)C1CCCCC1. The minimum absolute atomic E-state index is 0.0488. The molecule has 2 amide bonds. The van der Waals surface area contributed by atoms with E-state index in [2.05, 4.69) is 5.32 Å². The molecule has 0 bridgehead atoms. The van der Waals surface area contributed by atoms with Crippen molar-refractivity contribution in [3.8, 4) is 0 Å². The molecule has 1 fully saturated rings. The Morgan fingerprint density at radius 1 is 1.32 bits per heavy atom. The third-order valence-electron chi connectivity index (χ3n) is 3.78. The molecule has 1 saturated carbocycles. The summed E-state index contributed by atoms with van der Waals surface area (Å²) in [5, 5.41) is 11.5. The summed E-state index contributed by atoms with van der Waals surface area (Å²) in [6, 6.07) is 0.207. The summed E-state index contributed by atoms with van der Waals surface area (Å²) in [5.41, 5.74) is 0. The topological polar surface area (TPSA) is 69.6 Å². The second-order valence-electron chi connectivity index (χ2n) is 5.36. The monoisotopic (exact) mass is 270 g/mol. The number of rotatable bonds is 6. The lowest BCUT2D eigenvalue weighted by atomic mass is 9.94. The smallest absolute Gasteiger partial charge is 0.317 e. The molecule has 19 heavy (non-hydrogen) atoms. The van der Waals surface area contributed by atoms with Crippen LogP contribution in [0.2, 0.25) is 0 Å². The fourth-order valence-electron chi connectivity index (χ4n) is 2.67. The van der Waals surface area contributed by atoms with E-state index in [0.717, 1.165) is 12.8 Å². The number of aliphatic carboxylic acids is 1. The van der Waals surface area contributed by atoms with Gasteiger partial charge in [0.05, 0.1) is 0 Å². The van der Waals surface area contributed by atoms with Crippen LogP contribution in [0, 0.1) is 0 Å². The number of urea groups is 1. The maximum Gasteiger partial charge on any atom is 0.317 e. The first kappa shape index (κ1) is 15.8. The lowest BCUT2D eigenvalue weighted by Gasteiger charge is -2.34. The van der Waals surface area contributed by atoms with Gasteiger partial charge in [-0.3, -0.25) is 4.79 Å². The van der Waals surface area contributed by atoms with Gasteiger partial charge < -0.3 is 15.3 Å². The maximum absolute atomic E-state index is 12.2. The molecule has 0 radical (unpaired) electrons. The molecule has 1 atom stereocenters. The van der Waals surface area contributed by atoms with E-state index in [1.165, 1.54) is 19.3 Å². The van der Waals surface area contributed by atoms with E-state index in [0.29, 0.717) is 19.0 Å². The van der Waals surface area contributed by atoms with Gasteiger partial charge in [0.1, 0.15) is 0 Å². The second kappa shape index (κ2) is 8.02. The Morgan fingerprint density at radius 3 is 2.47 bits per heavy atom. The van der Waals surface area contributed by atoms with E-state index < -0.39 is 5.97 Å². The van der Waals surface area contributed by atoms with Crippen molar-refractivity contribution in [3.05, 3.63) is 0 Å². The van der Waals surface area contributed by atoms with Crippen LogP contribution in [-0.4, -0.2) is 40.6 Å². The number of hydrogen-bond donors (Lipinski definition) is 2. The first-order valence-corrected chi connectivity index (χ1v) is 7.33. The van der Waals surface area contributed by atoms with Gasteiger partial charge >= 0.3 is 12.0 Å². The van der Waals surface area contributed by atoms with Gasteiger partial charge in [0.25, 0.3) is 0 Å². The standard InChI is InChI=1S/C14H26N2O3/c1-3-16(12-7-5-4-6-8-12)14(19)15-11(2)9-10-13(17)18/h11-12H,3-10H2,1-2H3,(H,15,19)(H,17,18). The van der Waals surface area contributed by atoms with Crippen molar-refractivity contribution < 1.29 is 14.7 Å². The molecule has 0 aromatic heterocycles. The van der Waals surface area contributed by atoms with Crippen LogP contribution in [0.15, 0.2) is 0 Å². The fourth-order valence-corrected chi connectivity index (χ4v) is 2.67. The molecule has 0 saturated heterocycles. The molecule has 5 nitrogen and oxygen atoms in total. The zero-order valence-corrected chi connectivity index (χ0v) is 12.0. The molecular weight excluding hydrogens is 244 g/mol. The maximum atomic E-state index is 12.2. The van der Waals surface area contributed by atoms with Crippen molar-refractivity contribution in [2.24, 2.45) is 0 Å². The van der Waals surface area contributed by atoms with E-state index in [-0.39, 0.29) is 18.5 Å². The molecule has 110 valence electrons. The minimum atomic E-state index is -0.819. The third kappa shape index (κ3) is 5.49. The van der Waals surface area contributed by atoms with Crippen molar-refractivity contribution in [2.75, 3.05) is 6.54 Å². The van der Waals surface area contributed by atoms with Crippen LogP contribution in [0.25, 0.3) is 0 Å². The van der Waals surface area contributed by atoms with Gasteiger partial charge in [0.15, 0.2) is 0 Å². The molecule has 1 rings (SSSR count). The van der Waals surface area contributed by atoms with E-state index in [1.807, 2.05) is 18.7 Å². The molecule has 5 heteroatoms. The zero-order valence-electron chi connectivity index (χ0n) is 12.0. The summed E-state index contributed by atoms with van der Waals surface area (Å²) < 4.78 is 0. The van der Waals surface area contributed by atoms with Crippen molar-refractivity contribution >= 4 is 12.0 Å². The Kier molecular flexibility index (Phi) is 6.67. The summed E-state index contributed by atoms with van der Waals surface area (Å²) in [7, 11) is 0. The Bertz CT molecular complexity index is 301. The van der Waals surface area contributed by atoms with Crippen LogP contribution < -0.4 is 5.32 Å². The van der Waals surface area contributed by atoms with Crippen molar-refractivity contribution in [3.63, 3.8) is 0 Å². The van der Waals surface area contributed by atoms with Crippen LogP contribution in [0.5, 0.6) is 0 Å². The largest absolute Gasteiger partial charge is 0.481 e. The van der Waals surface area contributed by atoms with E-state index >= 15 is 0 Å². The molecule has 1 aliphatic rings. The van der Waals surface area contributed by atoms with Crippen molar-refractivity contribution in [2.45, 2.75) is 70.9 Å². The summed E-state index contributed by atoms with van der Waals surface area (Å²) in [6.07, 6.45) is 6.41. The highest BCUT2D eigenvalue weighted by molar-refractivity contribution is 5.75. The first-order valence-electron chi connectivity index (χ1n) is 7.33. The Morgan fingerprint density at radius 2 is 1.95 bits per heavy atom. The highest BCUT2D eigenvalue weighted by Gasteiger charge is 2.24. The first-order chi connectivity index (χ1) is 9.04. The summed E-state index contributed by atoms with van der Waals surface area (Å²) in [6.45, 7) is 4.56. The molecule has 0 heterocycles. The predicted molar refractivity (Wildman–Crippen MR) is 74.1 cm³/mol. The highest BCUT2D eigenvalue weighted by atomic mass is 16.4. The van der Waals surface area contributed by atoms with Gasteiger partial charge in [0, 0.05) is 25.0 Å². The van der Waals surface area contributed by atoms with Gasteiger partial charge in [-0.2, -0.15) is 0 Å². The number of nitrogens with zero attached hydrogens (tertiary/aromatic N) is 1. The molecule has 1 aliphatic carbocycles.